The number of carbonyl (C=O) groups excluding carboxylic acids is 1. The maximum Gasteiger partial charge on any atom is 0.302 e. The Kier molecular flexibility index (Phi) is 3.31. The van der Waals surface area contributed by atoms with E-state index in [4.69, 9.17) is 4.74 Å². The Morgan fingerprint density at radius 1 is 1.31 bits per heavy atom. The van der Waals surface area contributed by atoms with Crippen molar-refractivity contribution in [3.05, 3.63) is 0 Å². The highest BCUT2D eigenvalue weighted by Crippen LogP contribution is 2.30. The zero-order valence-corrected chi connectivity index (χ0v) is 8.49. The van der Waals surface area contributed by atoms with Crippen LogP contribution in [0, 0.1) is 11.8 Å². The summed E-state index contributed by atoms with van der Waals surface area (Å²) in [6.45, 7) is 5.44. The lowest BCUT2D eigenvalue weighted by Crippen LogP contribution is -2.38. The monoisotopic (exact) mass is 186 g/mol. The highest BCUT2D eigenvalue weighted by molar-refractivity contribution is 5.66. The van der Waals surface area contributed by atoms with E-state index in [1.54, 1.807) is 0 Å². The van der Waals surface area contributed by atoms with Gasteiger partial charge < -0.3 is 9.84 Å². The number of carbonyl (C=O) groups is 1. The molecule has 1 rings (SSSR count). The van der Waals surface area contributed by atoms with Gasteiger partial charge in [-0.2, -0.15) is 0 Å². The standard InChI is InChI=1S/C10H18O3/c1-6-5-10(13-8(3)11)7(2)4-9(6)12/h6-7,9-10,12H,4-5H2,1-3H3/t6-,7+,9-,10+/m1/s1. The van der Waals surface area contributed by atoms with Crippen molar-refractivity contribution in [2.45, 2.75) is 45.8 Å². The van der Waals surface area contributed by atoms with Crippen molar-refractivity contribution in [3.63, 3.8) is 0 Å². The van der Waals surface area contributed by atoms with Gasteiger partial charge in [-0.05, 0) is 24.7 Å². The highest BCUT2D eigenvalue weighted by Gasteiger charge is 2.33. The van der Waals surface area contributed by atoms with Crippen molar-refractivity contribution in [2.75, 3.05) is 0 Å². The molecule has 0 saturated heterocycles. The van der Waals surface area contributed by atoms with Crippen molar-refractivity contribution in [3.8, 4) is 0 Å². The van der Waals surface area contributed by atoms with Crippen molar-refractivity contribution < 1.29 is 14.6 Å². The van der Waals surface area contributed by atoms with Crippen LogP contribution in [0.2, 0.25) is 0 Å². The van der Waals surface area contributed by atoms with Gasteiger partial charge in [-0.3, -0.25) is 4.79 Å². The van der Waals surface area contributed by atoms with Gasteiger partial charge in [0.05, 0.1) is 6.10 Å². The number of aliphatic hydroxyl groups is 1. The summed E-state index contributed by atoms with van der Waals surface area (Å²) in [6, 6.07) is 0. The number of esters is 1. The molecule has 0 aliphatic heterocycles. The van der Waals surface area contributed by atoms with Gasteiger partial charge in [-0.1, -0.05) is 13.8 Å². The average Bonchev–Trinajstić information content (AvgIpc) is 1.99. The molecule has 76 valence electrons. The Bertz CT molecular complexity index is 191. The van der Waals surface area contributed by atoms with Crippen LogP contribution in [0.4, 0.5) is 0 Å². The highest BCUT2D eigenvalue weighted by atomic mass is 16.5. The lowest BCUT2D eigenvalue weighted by molar-refractivity contribution is -0.154. The average molecular weight is 186 g/mol. The molecule has 13 heavy (non-hydrogen) atoms. The smallest absolute Gasteiger partial charge is 0.302 e. The van der Waals surface area contributed by atoms with Crippen molar-refractivity contribution in [2.24, 2.45) is 11.8 Å². The van der Waals surface area contributed by atoms with E-state index >= 15 is 0 Å². The molecule has 1 aliphatic carbocycles. The van der Waals surface area contributed by atoms with Crippen LogP contribution in [0.1, 0.15) is 33.6 Å². The molecule has 0 radical (unpaired) electrons. The normalized spacial score (nSPS) is 40.0. The second-order valence-corrected chi connectivity index (χ2v) is 4.14. The van der Waals surface area contributed by atoms with Crippen molar-refractivity contribution in [1.29, 1.82) is 0 Å². The van der Waals surface area contributed by atoms with Crippen LogP contribution in [0.15, 0.2) is 0 Å². The Labute approximate surface area is 79.1 Å². The van der Waals surface area contributed by atoms with Crippen LogP contribution in [-0.2, 0) is 9.53 Å². The molecule has 0 aromatic rings. The van der Waals surface area contributed by atoms with Gasteiger partial charge in [-0.15, -0.1) is 0 Å². The van der Waals surface area contributed by atoms with Gasteiger partial charge in [-0.25, -0.2) is 0 Å². The molecule has 0 aromatic heterocycles. The van der Waals surface area contributed by atoms with Gasteiger partial charge in [0.25, 0.3) is 0 Å². The molecule has 3 nitrogen and oxygen atoms in total. The summed E-state index contributed by atoms with van der Waals surface area (Å²) in [5.74, 6) is 0.288. The molecular weight excluding hydrogens is 168 g/mol. The fourth-order valence-corrected chi connectivity index (χ4v) is 1.90. The summed E-state index contributed by atoms with van der Waals surface area (Å²) in [4.78, 5) is 10.8. The number of aliphatic hydroxyl groups excluding tert-OH is 1. The molecule has 1 aliphatic rings. The molecule has 0 heterocycles. The second-order valence-electron chi connectivity index (χ2n) is 4.14. The molecule has 0 unspecified atom stereocenters. The fraction of sp³-hybridized carbons (Fsp3) is 0.900. The zero-order chi connectivity index (χ0) is 10.0. The van der Waals surface area contributed by atoms with Gasteiger partial charge in [0.2, 0.25) is 0 Å². The van der Waals surface area contributed by atoms with E-state index < -0.39 is 0 Å². The third kappa shape index (κ3) is 2.69. The van der Waals surface area contributed by atoms with Crippen LogP contribution in [0.5, 0.6) is 0 Å². The molecule has 0 spiro atoms. The maximum absolute atomic E-state index is 10.8. The molecule has 0 bridgehead atoms. The summed E-state index contributed by atoms with van der Waals surface area (Å²) >= 11 is 0. The quantitative estimate of drug-likeness (QED) is 0.629. The lowest BCUT2D eigenvalue weighted by Gasteiger charge is -2.35. The molecule has 1 N–H and O–H groups in total. The minimum Gasteiger partial charge on any atom is -0.462 e. The largest absolute Gasteiger partial charge is 0.462 e. The molecule has 1 fully saturated rings. The van der Waals surface area contributed by atoms with Crippen LogP contribution < -0.4 is 0 Å². The molecular formula is C10H18O3. The first-order valence-corrected chi connectivity index (χ1v) is 4.86. The van der Waals surface area contributed by atoms with E-state index in [1.165, 1.54) is 6.92 Å². The molecule has 1 saturated carbocycles. The molecule has 3 heteroatoms. The number of hydrogen-bond donors (Lipinski definition) is 1. The summed E-state index contributed by atoms with van der Waals surface area (Å²) in [6.07, 6.45) is 1.28. The SMILES string of the molecule is CC(=O)O[C@H]1C[C@@H](C)[C@H](O)C[C@@H]1C. The molecule has 0 aromatic carbocycles. The van der Waals surface area contributed by atoms with E-state index in [9.17, 15) is 9.90 Å². The summed E-state index contributed by atoms with van der Waals surface area (Å²) in [5.41, 5.74) is 0. The van der Waals surface area contributed by atoms with Crippen LogP contribution in [0.3, 0.4) is 0 Å². The van der Waals surface area contributed by atoms with Crippen LogP contribution in [0.25, 0.3) is 0 Å². The number of rotatable bonds is 1. The van der Waals surface area contributed by atoms with Gasteiger partial charge in [0, 0.05) is 6.92 Å². The minimum absolute atomic E-state index is 0.00380. The summed E-state index contributed by atoms with van der Waals surface area (Å²) in [5, 5.41) is 9.56. The van der Waals surface area contributed by atoms with E-state index in [0.29, 0.717) is 0 Å². The van der Waals surface area contributed by atoms with Gasteiger partial charge >= 0.3 is 5.97 Å². The summed E-state index contributed by atoms with van der Waals surface area (Å²) < 4.78 is 5.17. The Morgan fingerprint density at radius 2 is 1.92 bits per heavy atom. The summed E-state index contributed by atoms with van der Waals surface area (Å²) in [7, 11) is 0. The third-order valence-electron chi connectivity index (χ3n) is 2.83. The first kappa shape index (κ1) is 10.5. The van der Waals surface area contributed by atoms with E-state index in [0.717, 1.165) is 12.8 Å². The second kappa shape index (κ2) is 4.09. The van der Waals surface area contributed by atoms with Crippen molar-refractivity contribution in [1.82, 2.24) is 0 Å². The Hall–Kier alpha value is -0.570. The van der Waals surface area contributed by atoms with Crippen LogP contribution in [-0.4, -0.2) is 23.3 Å². The Morgan fingerprint density at radius 3 is 2.46 bits per heavy atom. The predicted octanol–water partition coefficient (Wildman–Crippen LogP) is 1.34. The lowest BCUT2D eigenvalue weighted by atomic mass is 9.79. The van der Waals surface area contributed by atoms with Crippen molar-refractivity contribution >= 4 is 5.97 Å². The van der Waals surface area contributed by atoms with E-state index in [-0.39, 0.29) is 30.0 Å². The number of hydrogen-bond acceptors (Lipinski definition) is 3. The minimum atomic E-state index is -0.234. The first-order valence-electron chi connectivity index (χ1n) is 4.86. The van der Waals surface area contributed by atoms with Gasteiger partial charge in [0.1, 0.15) is 6.10 Å². The van der Waals surface area contributed by atoms with Crippen LogP contribution >= 0.6 is 0 Å². The fourth-order valence-electron chi connectivity index (χ4n) is 1.90. The van der Waals surface area contributed by atoms with E-state index in [2.05, 4.69) is 0 Å². The van der Waals surface area contributed by atoms with Gasteiger partial charge in [0.15, 0.2) is 0 Å². The topological polar surface area (TPSA) is 46.5 Å². The third-order valence-corrected chi connectivity index (χ3v) is 2.83. The Balaban J connectivity index is 2.51. The molecule has 4 atom stereocenters. The number of ether oxygens (including phenoxy) is 1. The zero-order valence-electron chi connectivity index (χ0n) is 8.49. The maximum atomic E-state index is 10.8. The first-order chi connectivity index (χ1) is 6.00. The predicted molar refractivity (Wildman–Crippen MR) is 49.1 cm³/mol. The molecule has 0 amide bonds. The van der Waals surface area contributed by atoms with E-state index in [1.807, 2.05) is 13.8 Å².